The van der Waals surface area contributed by atoms with Gasteiger partial charge in [0.05, 0.1) is 24.4 Å². The highest BCUT2D eigenvalue weighted by atomic mass is 16.5. The Kier molecular flexibility index (Phi) is 6.96. The molecule has 3 N–H and O–H groups in total. The van der Waals surface area contributed by atoms with Crippen molar-refractivity contribution in [3.8, 4) is 0 Å². The lowest BCUT2D eigenvalue weighted by Crippen LogP contribution is -2.42. The summed E-state index contributed by atoms with van der Waals surface area (Å²) in [7, 11) is 5.83. The molecule has 0 aliphatic carbocycles. The Hall–Kier alpha value is -1.70. The van der Waals surface area contributed by atoms with Gasteiger partial charge < -0.3 is 25.6 Å². The predicted octanol–water partition coefficient (Wildman–Crippen LogP) is 0.914. The van der Waals surface area contributed by atoms with E-state index in [1.165, 1.54) is 0 Å². The summed E-state index contributed by atoms with van der Waals surface area (Å²) >= 11 is 0. The number of piperidine rings is 1. The van der Waals surface area contributed by atoms with Gasteiger partial charge in [0.2, 0.25) is 5.91 Å². The lowest BCUT2D eigenvalue weighted by atomic mass is 10.0. The summed E-state index contributed by atoms with van der Waals surface area (Å²) in [5.41, 5.74) is 6.63. The van der Waals surface area contributed by atoms with Gasteiger partial charge in [0.1, 0.15) is 5.82 Å². The first kappa shape index (κ1) is 18.6. The second-order valence-electron chi connectivity index (χ2n) is 6.43. The molecule has 1 amide bonds. The van der Waals surface area contributed by atoms with Gasteiger partial charge in [-0.2, -0.15) is 0 Å². The van der Waals surface area contributed by atoms with Crippen molar-refractivity contribution in [3.63, 3.8) is 0 Å². The van der Waals surface area contributed by atoms with Gasteiger partial charge in [0.15, 0.2) is 0 Å². The van der Waals surface area contributed by atoms with Crippen LogP contribution in [0.5, 0.6) is 0 Å². The van der Waals surface area contributed by atoms with E-state index in [4.69, 9.17) is 10.5 Å². The number of nitrogens with zero attached hydrogens (tertiary/aromatic N) is 3. The van der Waals surface area contributed by atoms with Crippen LogP contribution in [0.4, 0.5) is 11.5 Å². The highest BCUT2D eigenvalue weighted by Gasteiger charge is 2.21. The van der Waals surface area contributed by atoms with Crippen molar-refractivity contribution in [1.82, 2.24) is 9.88 Å². The average molecular weight is 335 g/mol. The molecule has 1 fully saturated rings. The Morgan fingerprint density at radius 3 is 2.67 bits per heavy atom. The van der Waals surface area contributed by atoms with Crippen molar-refractivity contribution >= 4 is 17.4 Å². The van der Waals surface area contributed by atoms with Crippen molar-refractivity contribution in [2.24, 2.45) is 5.73 Å². The molecule has 24 heavy (non-hydrogen) atoms. The number of methoxy groups -OCH3 is 1. The molecule has 7 heteroatoms. The zero-order valence-corrected chi connectivity index (χ0v) is 14.9. The normalized spacial score (nSPS) is 17.1. The maximum Gasteiger partial charge on any atom is 0.228 e. The third kappa shape index (κ3) is 5.15. The van der Waals surface area contributed by atoms with E-state index >= 15 is 0 Å². The molecule has 1 aliphatic heterocycles. The van der Waals surface area contributed by atoms with Gasteiger partial charge in [-0.05, 0) is 39.1 Å². The van der Waals surface area contributed by atoms with Gasteiger partial charge in [-0.3, -0.25) is 4.79 Å². The fraction of sp³-hybridized carbons (Fsp3) is 0.647. The summed E-state index contributed by atoms with van der Waals surface area (Å²) in [6.45, 7) is 2.38. The molecule has 7 nitrogen and oxygen atoms in total. The maximum atomic E-state index is 11.9. The van der Waals surface area contributed by atoms with Gasteiger partial charge in [-0.1, -0.05) is 0 Å². The lowest BCUT2D eigenvalue weighted by Gasteiger charge is -2.36. The molecule has 1 saturated heterocycles. The van der Waals surface area contributed by atoms with Gasteiger partial charge >= 0.3 is 0 Å². The molecule has 0 bridgehead atoms. The molecule has 2 rings (SSSR count). The van der Waals surface area contributed by atoms with Gasteiger partial charge in [0, 0.05) is 32.8 Å². The number of hydrogen-bond acceptors (Lipinski definition) is 6. The van der Waals surface area contributed by atoms with Crippen LogP contribution in [-0.4, -0.2) is 68.8 Å². The van der Waals surface area contributed by atoms with Gasteiger partial charge in [-0.15, -0.1) is 0 Å². The van der Waals surface area contributed by atoms with E-state index in [2.05, 4.69) is 34.2 Å². The molecule has 0 radical (unpaired) electrons. The minimum absolute atomic E-state index is 0.139. The second kappa shape index (κ2) is 8.96. The maximum absolute atomic E-state index is 11.9. The number of nitrogens with two attached hydrogens (primary N) is 1. The van der Waals surface area contributed by atoms with E-state index in [0.29, 0.717) is 18.4 Å². The summed E-state index contributed by atoms with van der Waals surface area (Å²) in [5.74, 6) is 0.415. The topological polar surface area (TPSA) is 83.7 Å². The van der Waals surface area contributed by atoms with E-state index in [1.54, 1.807) is 7.11 Å². The van der Waals surface area contributed by atoms with Crippen LogP contribution in [0.25, 0.3) is 0 Å². The Balaban J connectivity index is 1.86. The molecule has 0 aromatic carbocycles. The van der Waals surface area contributed by atoms with E-state index < -0.39 is 0 Å². The largest absolute Gasteiger partial charge is 0.380 e. The van der Waals surface area contributed by atoms with Crippen molar-refractivity contribution in [3.05, 3.63) is 18.3 Å². The molecule has 134 valence electrons. The molecule has 0 spiro atoms. The molecule has 1 aromatic rings. The first-order valence-electron chi connectivity index (χ1n) is 8.43. The first-order chi connectivity index (χ1) is 11.5. The van der Waals surface area contributed by atoms with Crippen LogP contribution in [0, 0.1) is 0 Å². The standard InChI is InChI=1S/C17H29N5O2/c1-21(2)13-6-8-22(9-7-13)14-4-5-16(19-12-14)20-17(23)10-15(11-18)24-3/h4-5,12-13,15H,6-11,18H2,1-3H3,(H,19,20,23). The summed E-state index contributed by atoms with van der Waals surface area (Å²) in [5, 5.41) is 2.78. The monoisotopic (exact) mass is 335 g/mol. The van der Waals surface area contributed by atoms with Crippen LogP contribution in [0.15, 0.2) is 18.3 Å². The minimum atomic E-state index is -0.262. The highest BCUT2D eigenvalue weighted by molar-refractivity contribution is 5.90. The number of pyridine rings is 1. The van der Waals surface area contributed by atoms with E-state index in [1.807, 2.05) is 18.3 Å². The number of anilines is 2. The average Bonchev–Trinajstić information content (AvgIpc) is 2.60. The van der Waals surface area contributed by atoms with Crippen LogP contribution in [0.1, 0.15) is 19.3 Å². The predicted molar refractivity (Wildman–Crippen MR) is 96.3 cm³/mol. The van der Waals surface area contributed by atoms with Crippen molar-refractivity contribution in [2.45, 2.75) is 31.4 Å². The van der Waals surface area contributed by atoms with Crippen LogP contribution in [-0.2, 0) is 9.53 Å². The Morgan fingerprint density at radius 2 is 2.17 bits per heavy atom. The highest BCUT2D eigenvalue weighted by Crippen LogP contribution is 2.22. The zero-order chi connectivity index (χ0) is 17.5. The molecule has 1 aliphatic rings. The third-order valence-electron chi connectivity index (χ3n) is 4.58. The zero-order valence-electron chi connectivity index (χ0n) is 14.9. The van der Waals surface area contributed by atoms with Gasteiger partial charge in [-0.25, -0.2) is 4.98 Å². The summed E-state index contributed by atoms with van der Waals surface area (Å²) in [4.78, 5) is 20.9. The van der Waals surface area contributed by atoms with Crippen LogP contribution in [0.2, 0.25) is 0 Å². The van der Waals surface area contributed by atoms with Crippen molar-refractivity contribution in [2.75, 3.05) is 51.1 Å². The Bertz CT molecular complexity index is 508. The van der Waals surface area contributed by atoms with E-state index in [0.717, 1.165) is 31.6 Å². The molecule has 0 saturated carbocycles. The van der Waals surface area contributed by atoms with Crippen LogP contribution < -0.4 is 16.0 Å². The number of hydrogen-bond donors (Lipinski definition) is 2. The quantitative estimate of drug-likeness (QED) is 0.771. The van der Waals surface area contributed by atoms with Crippen LogP contribution >= 0.6 is 0 Å². The first-order valence-corrected chi connectivity index (χ1v) is 8.43. The van der Waals surface area contributed by atoms with E-state index in [-0.39, 0.29) is 18.4 Å². The van der Waals surface area contributed by atoms with Crippen LogP contribution in [0.3, 0.4) is 0 Å². The smallest absolute Gasteiger partial charge is 0.228 e. The fourth-order valence-corrected chi connectivity index (χ4v) is 2.95. The molecule has 1 unspecified atom stereocenters. The molecule has 1 aromatic heterocycles. The number of ether oxygens (including phenoxy) is 1. The SMILES string of the molecule is COC(CN)CC(=O)Nc1ccc(N2CCC(N(C)C)CC2)cn1. The molecular formula is C17H29N5O2. The molecule has 2 heterocycles. The molecule has 1 atom stereocenters. The molecular weight excluding hydrogens is 306 g/mol. The number of amides is 1. The van der Waals surface area contributed by atoms with Crippen molar-refractivity contribution < 1.29 is 9.53 Å². The summed E-state index contributed by atoms with van der Waals surface area (Å²) in [6, 6.07) is 4.51. The minimum Gasteiger partial charge on any atom is -0.380 e. The number of carbonyl (C=O) groups excluding carboxylic acids is 1. The number of carbonyl (C=O) groups is 1. The lowest BCUT2D eigenvalue weighted by molar-refractivity contribution is -0.118. The number of nitrogens with one attached hydrogen (secondary N) is 1. The number of rotatable bonds is 7. The summed E-state index contributed by atoms with van der Waals surface area (Å²) in [6.07, 6.45) is 4.10. The third-order valence-corrected chi connectivity index (χ3v) is 4.58. The van der Waals surface area contributed by atoms with Crippen molar-refractivity contribution in [1.29, 1.82) is 0 Å². The second-order valence-corrected chi connectivity index (χ2v) is 6.43. The Morgan fingerprint density at radius 1 is 1.46 bits per heavy atom. The number of aromatic nitrogens is 1. The fourth-order valence-electron chi connectivity index (χ4n) is 2.95. The van der Waals surface area contributed by atoms with Gasteiger partial charge in [0.25, 0.3) is 0 Å². The van der Waals surface area contributed by atoms with E-state index in [9.17, 15) is 4.79 Å². The summed E-state index contributed by atoms with van der Waals surface area (Å²) < 4.78 is 5.12. The Labute approximate surface area is 144 Å².